The van der Waals surface area contributed by atoms with Gasteiger partial charge in [-0.25, -0.2) is 0 Å². The first-order valence-electron chi connectivity index (χ1n) is 5.02. The van der Waals surface area contributed by atoms with Crippen LogP contribution in [0.4, 0.5) is 0 Å². The normalized spacial score (nSPS) is 23.8. The fraction of sp³-hybridized carbons (Fsp3) is 1.00. The van der Waals surface area contributed by atoms with Crippen molar-refractivity contribution < 1.29 is 0 Å². The Morgan fingerprint density at radius 3 is 3.00 bits per heavy atom. The van der Waals surface area contributed by atoms with Gasteiger partial charge in [-0.05, 0) is 52.3 Å². The smallest absolute Gasteiger partial charge is 0.105 e. The van der Waals surface area contributed by atoms with Crippen LogP contribution in [0.1, 0.15) is 12.8 Å². The topological polar surface area (TPSA) is 27.3 Å². The van der Waals surface area contributed by atoms with Gasteiger partial charge in [0.15, 0.2) is 0 Å². The van der Waals surface area contributed by atoms with Gasteiger partial charge in [-0.3, -0.25) is 10.6 Å². The second-order valence-corrected chi connectivity index (χ2v) is 4.88. The second-order valence-electron chi connectivity index (χ2n) is 3.67. The van der Waals surface area contributed by atoms with E-state index in [0.717, 1.165) is 6.54 Å². The summed E-state index contributed by atoms with van der Waals surface area (Å²) in [5.41, 5.74) is 0.496. The molecule has 0 saturated carbocycles. The summed E-state index contributed by atoms with van der Waals surface area (Å²) in [4.78, 5) is 2.23. The van der Waals surface area contributed by atoms with Crippen molar-refractivity contribution in [1.82, 2.24) is 15.5 Å². The Hall–Kier alpha value is 0.230. The zero-order valence-electron chi connectivity index (χ0n) is 8.68. The minimum atomic E-state index is 0.496. The highest BCUT2D eigenvalue weighted by atomic mass is 32.2. The van der Waals surface area contributed by atoms with Crippen LogP contribution in [-0.2, 0) is 0 Å². The molecule has 1 saturated heterocycles. The number of hydrogen-bond donors (Lipinski definition) is 2. The van der Waals surface area contributed by atoms with E-state index in [2.05, 4.69) is 29.6 Å². The molecule has 13 heavy (non-hydrogen) atoms. The zero-order chi connectivity index (χ0) is 9.52. The predicted molar refractivity (Wildman–Crippen MR) is 60.0 cm³/mol. The van der Waals surface area contributed by atoms with Crippen molar-refractivity contribution in [3.63, 3.8) is 0 Å². The molecule has 78 valence electrons. The van der Waals surface area contributed by atoms with Crippen molar-refractivity contribution in [2.24, 2.45) is 0 Å². The summed E-state index contributed by atoms with van der Waals surface area (Å²) in [5.74, 6) is 1.29. The Morgan fingerprint density at radius 1 is 1.54 bits per heavy atom. The lowest BCUT2D eigenvalue weighted by molar-refractivity contribution is 0.389. The maximum Gasteiger partial charge on any atom is 0.105 e. The highest BCUT2D eigenvalue weighted by Crippen LogP contribution is 2.11. The van der Waals surface area contributed by atoms with E-state index in [1.54, 1.807) is 0 Å². The summed E-state index contributed by atoms with van der Waals surface area (Å²) in [5, 5.41) is 6.95. The average molecular weight is 203 g/mol. The first kappa shape index (κ1) is 11.3. The monoisotopic (exact) mass is 203 g/mol. The van der Waals surface area contributed by atoms with Gasteiger partial charge in [0.05, 0.1) is 0 Å². The minimum absolute atomic E-state index is 0.496. The van der Waals surface area contributed by atoms with Gasteiger partial charge in [-0.15, -0.1) is 11.8 Å². The Kier molecular flexibility index (Phi) is 5.78. The summed E-state index contributed by atoms with van der Waals surface area (Å²) in [7, 11) is 4.24. The summed E-state index contributed by atoms with van der Waals surface area (Å²) in [6.45, 7) is 3.45. The molecule has 0 bridgehead atoms. The molecule has 0 amide bonds. The Bertz CT molecular complexity index is 124. The van der Waals surface area contributed by atoms with Crippen molar-refractivity contribution in [3.8, 4) is 0 Å². The lowest BCUT2D eigenvalue weighted by atomic mass is 10.4. The predicted octanol–water partition coefficient (Wildman–Crippen LogP) is 0.538. The number of rotatable bonds is 5. The highest BCUT2D eigenvalue weighted by molar-refractivity contribution is 7.99. The molecular formula is C9H21N3S. The van der Waals surface area contributed by atoms with Gasteiger partial charge in [0, 0.05) is 0 Å². The third-order valence-corrected chi connectivity index (χ3v) is 3.24. The molecular weight excluding hydrogens is 182 g/mol. The van der Waals surface area contributed by atoms with Gasteiger partial charge in [0.25, 0.3) is 0 Å². The van der Waals surface area contributed by atoms with Crippen LogP contribution in [0.3, 0.4) is 0 Å². The molecule has 2 N–H and O–H groups in total. The maximum absolute atomic E-state index is 3.50. The Balaban J connectivity index is 1.92. The van der Waals surface area contributed by atoms with Crippen molar-refractivity contribution in [3.05, 3.63) is 0 Å². The largest absolute Gasteiger partial charge is 0.309 e. The molecule has 1 fully saturated rings. The molecule has 0 radical (unpaired) electrons. The van der Waals surface area contributed by atoms with E-state index in [0.29, 0.717) is 5.50 Å². The van der Waals surface area contributed by atoms with Crippen LogP contribution in [0.25, 0.3) is 0 Å². The molecule has 1 rings (SSSR count). The van der Waals surface area contributed by atoms with Crippen LogP contribution in [0, 0.1) is 0 Å². The molecule has 0 aromatic carbocycles. The summed E-state index contributed by atoms with van der Waals surface area (Å²) in [6.07, 6.45) is 2.53. The molecule has 0 spiro atoms. The van der Waals surface area contributed by atoms with Crippen LogP contribution in [0.5, 0.6) is 0 Å². The number of thioether (sulfide) groups is 1. The van der Waals surface area contributed by atoms with Crippen LogP contribution >= 0.6 is 11.8 Å². The van der Waals surface area contributed by atoms with E-state index in [1.807, 2.05) is 11.8 Å². The van der Waals surface area contributed by atoms with E-state index in [-0.39, 0.29) is 0 Å². The zero-order valence-corrected chi connectivity index (χ0v) is 9.49. The van der Waals surface area contributed by atoms with Gasteiger partial charge in [0.1, 0.15) is 5.50 Å². The van der Waals surface area contributed by atoms with Gasteiger partial charge in [-0.2, -0.15) is 0 Å². The standard InChI is InChI=1S/C9H21N3S/c1-12(2)7-3-5-10-9-11-6-4-8-13-9/h9-11H,3-8H2,1-2H3. The van der Waals surface area contributed by atoms with Crippen molar-refractivity contribution >= 4 is 11.8 Å². The molecule has 1 atom stereocenters. The molecule has 4 heteroatoms. The molecule has 0 aromatic rings. The van der Waals surface area contributed by atoms with Crippen LogP contribution in [0.15, 0.2) is 0 Å². The Labute approximate surface area is 85.6 Å². The van der Waals surface area contributed by atoms with E-state index in [9.17, 15) is 0 Å². The van der Waals surface area contributed by atoms with Crippen LogP contribution in [-0.4, -0.2) is 49.9 Å². The quantitative estimate of drug-likeness (QED) is 0.638. The van der Waals surface area contributed by atoms with Crippen molar-refractivity contribution in [1.29, 1.82) is 0 Å². The highest BCUT2D eigenvalue weighted by Gasteiger charge is 2.10. The lowest BCUT2D eigenvalue weighted by Gasteiger charge is -2.24. The Morgan fingerprint density at radius 2 is 2.38 bits per heavy atom. The van der Waals surface area contributed by atoms with Gasteiger partial charge >= 0.3 is 0 Å². The first-order valence-corrected chi connectivity index (χ1v) is 6.07. The van der Waals surface area contributed by atoms with Crippen LogP contribution < -0.4 is 10.6 Å². The maximum atomic E-state index is 3.50. The molecule has 1 aliphatic rings. The summed E-state index contributed by atoms with van der Waals surface area (Å²) >= 11 is 1.99. The first-order chi connectivity index (χ1) is 6.29. The number of hydrogen-bond acceptors (Lipinski definition) is 4. The van der Waals surface area contributed by atoms with Gasteiger partial charge in [0.2, 0.25) is 0 Å². The minimum Gasteiger partial charge on any atom is -0.309 e. The number of nitrogens with zero attached hydrogens (tertiary/aromatic N) is 1. The molecule has 1 aliphatic heterocycles. The van der Waals surface area contributed by atoms with Gasteiger partial charge in [-0.1, -0.05) is 0 Å². The summed E-state index contributed by atoms with van der Waals surface area (Å²) < 4.78 is 0. The molecule has 1 heterocycles. The van der Waals surface area contributed by atoms with E-state index in [1.165, 1.54) is 31.7 Å². The molecule has 1 unspecified atom stereocenters. The molecule has 0 aromatic heterocycles. The van der Waals surface area contributed by atoms with Crippen LogP contribution in [0.2, 0.25) is 0 Å². The third-order valence-electron chi connectivity index (χ3n) is 2.05. The van der Waals surface area contributed by atoms with E-state index < -0.39 is 0 Å². The lowest BCUT2D eigenvalue weighted by Crippen LogP contribution is -2.43. The third kappa shape index (κ3) is 5.52. The SMILES string of the molecule is CN(C)CCCNC1NCCCS1. The fourth-order valence-electron chi connectivity index (χ4n) is 1.32. The fourth-order valence-corrected chi connectivity index (χ4v) is 2.34. The van der Waals surface area contributed by atoms with E-state index in [4.69, 9.17) is 0 Å². The van der Waals surface area contributed by atoms with E-state index >= 15 is 0 Å². The summed E-state index contributed by atoms with van der Waals surface area (Å²) in [6, 6.07) is 0. The average Bonchev–Trinajstić information content (AvgIpc) is 2.14. The second kappa shape index (κ2) is 6.65. The van der Waals surface area contributed by atoms with Gasteiger partial charge < -0.3 is 4.90 Å². The molecule has 3 nitrogen and oxygen atoms in total. The van der Waals surface area contributed by atoms with Crippen molar-refractivity contribution in [2.75, 3.05) is 39.5 Å². The number of nitrogens with one attached hydrogen (secondary N) is 2. The molecule has 0 aliphatic carbocycles. The van der Waals surface area contributed by atoms with Crippen molar-refractivity contribution in [2.45, 2.75) is 18.3 Å².